The van der Waals surface area contributed by atoms with Crippen LogP contribution in [-0.4, -0.2) is 37.4 Å². The maximum absolute atomic E-state index is 10.6. The zero-order valence-electron chi connectivity index (χ0n) is 17.9. The number of nitrogens with zero attached hydrogens (tertiary/aromatic N) is 1. The van der Waals surface area contributed by atoms with Crippen LogP contribution in [0.1, 0.15) is 10.4 Å². The zero-order valence-corrected chi connectivity index (χ0v) is 20.8. The van der Waals surface area contributed by atoms with Gasteiger partial charge in [0.2, 0.25) is 6.79 Å². The van der Waals surface area contributed by atoms with E-state index in [-0.39, 0.29) is 18.3 Å². The number of rotatable bonds is 5. The topological polar surface area (TPSA) is 102 Å². The Morgan fingerprint density at radius 3 is 1.53 bits per heavy atom. The van der Waals surface area contributed by atoms with Crippen LogP contribution in [0.3, 0.4) is 0 Å². The summed E-state index contributed by atoms with van der Waals surface area (Å²) in [5, 5.41) is 21.2. The van der Waals surface area contributed by atoms with E-state index in [2.05, 4.69) is 91.0 Å². The molecule has 0 aliphatic carbocycles. The average Bonchev–Trinajstić information content (AvgIpc) is 3.34. The molecular weight excluding hydrogens is 541 g/mol. The molecule has 34 heavy (non-hydrogen) atoms. The summed E-state index contributed by atoms with van der Waals surface area (Å²) < 4.78 is 14.4. The Balaban J connectivity index is 0.000000166. The first-order chi connectivity index (χ1) is 16.5. The van der Waals surface area contributed by atoms with Gasteiger partial charge in [0, 0.05) is 6.07 Å². The van der Waals surface area contributed by atoms with Gasteiger partial charge in [-0.3, -0.25) is 10.1 Å². The van der Waals surface area contributed by atoms with Gasteiger partial charge in [-0.25, -0.2) is 0 Å². The molecule has 4 aromatic rings. The van der Waals surface area contributed by atoms with E-state index in [1.807, 2.05) is 0 Å². The zero-order chi connectivity index (χ0) is 23.9. The molecular formula is C26H19NO6Sn. The third-order valence-electron chi connectivity index (χ3n) is 5.09. The number of nitro groups is 1. The Kier molecular flexibility index (Phi) is 7.44. The number of carboxylic acids is 1. The summed E-state index contributed by atoms with van der Waals surface area (Å²) in [4.78, 5) is 20.3. The van der Waals surface area contributed by atoms with Gasteiger partial charge in [0.25, 0.3) is 5.69 Å². The molecule has 0 atom stereocenters. The van der Waals surface area contributed by atoms with Gasteiger partial charge in [-0.2, -0.15) is 0 Å². The van der Waals surface area contributed by atoms with E-state index >= 15 is 0 Å². The van der Waals surface area contributed by atoms with Crippen molar-refractivity contribution in [2.24, 2.45) is 0 Å². The average molecular weight is 560 g/mol. The van der Waals surface area contributed by atoms with Crippen molar-refractivity contribution in [3.05, 3.63) is 119 Å². The van der Waals surface area contributed by atoms with Gasteiger partial charge in [-0.15, -0.1) is 0 Å². The van der Waals surface area contributed by atoms with Gasteiger partial charge in [-0.1, -0.05) is 0 Å². The van der Waals surface area contributed by atoms with Crippen LogP contribution in [0.15, 0.2) is 103 Å². The molecule has 0 saturated heterocycles. The number of hydrogen-bond acceptors (Lipinski definition) is 6. The molecule has 168 valence electrons. The van der Waals surface area contributed by atoms with Gasteiger partial charge in [-0.05, 0) is 0 Å². The Morgan fingerprint density at radius 2 is 1.15 bits per heavy atom. The molecule has 7 nitrogen and oxygen atoms in total. The van der Waals surface area contributed by atoms with Crippen LogP contribution in [-0.2, 0) is 0 Å². The number of benzene rings is 4. The molecule has 0 N–H and O–H groups in total. The monoisotopic (exact) mass is 561 g/mol. The fourth-order valence-corrected chi connectivity index (χ4v) is 10.9. The molecule has 0 amide bonds. The van der Waals surface area contributed by atoms with Gasteiger partial charge in [0.15, 0.2) is 11.5 Å². The summed E-state index contributed by atoms with van der Waals surface area (Å²) in [5.74, 6) is -1.30. The maximum atomic E-state index is 10.6. The van der Waals surface area contributed by atoms with Crippen molar-refractivity contribution in [2.75, 3.05) is 6.79 Å². The van der Waals surface area contributed by atoms with Crippen LogP contribution in [0, 0.1) is 10.1 Å². The summed E-state index contributed by atoms with van der Waals surface area (Å²) in [5.41, 5.74) is -1.09. The molecule has 4 aromatic carbocycles. The van der Waals surface area contributed by atoms with E-state index in [1.54, 1.807) is 0 Å². The normalized spacial score (nSPS) is 11.2. The molecule has 0 unspecified atom stereocenters. The first-order valence-electron chi connectivity index (χ1n) is 10.4. The second-order valence-corrected chi connectivity index (χ2v) is 14.3. The van der Waals surface area contributed by atoms with Crippen molar-refractivity contribution < 1.29 is 24.3 Å². The van der Waals surface area contributed by atoms with Gasteiger partial charge < -0.3 is 19.4 Å². The molecule has 1 aliphatic rings. The minimum atomic E-state index is -1.98. The summed E-state index contributed by atoms with van der Waals surface area (Å²) in [6.45, 7) is -0.0804. The molecule has 0 radical (unpaired) electrons. The molecule has 1 heterocycles. The number of nitro benzene ring substituents is 1. The van der Waals surface area contributed by atoms with Crippen LogP contribution >= 0.6 is 0 Å². The number of carbonyl (C=O) groups is 1. The molecule has 0 aromatic heterocycles. The van der Waals surface area contributed by atoms with Crippen LogP contribution in [0.2, 0.25) is 0 Å². The molecule has 0 fully saturated rings. The third-order valence-corrected chi connectivity index (χ3v) is 12.9. The van der Waals surface area contributed by atoms with E-state index in [4.69, 9.17) is 9.47 Å². The number of fused-ring (bicyclic) bond motifs is 1. The number of aromatic carboxylic acids is 1. The van der Waals surface area contributed by atoms with E-state index in [1.165, 1.54) is 10.7 Å². The van der Waals surface area contributed by atoms with Crippen molar-refractivity contribution in [3.8, 4) is 11.5 Å². The number of hydrogen-bond donors (Lipinski definition) is 0. The van der Waals surface area contributed by atoms with Crippen molar-refractivity contribution in [1.29, 1.82) is 0 Å². The third kappa shape index (κ3) is 5.37. The van der Waals surface area contributed by atoms with Crippen molar-refractivity contribution >= 4 is 42.2 Å². The summed E-state index contributed by atoms with van der Waals surface area (Å²) in [7, 11) is 0. The summed E-state index contributed by atoms with van der Waals surface area (Å²) >= 11 is -1.98. The van der Waals surface area contributed by atoms with Gasteiger partial charge >= 0.3 is 121 Å². The number of ether oxygens (including phenoxy) is 2. The Hall–Kier alpha value is -3.85. The second kappa shape index (κ2) is 10.8. The first-order valence-corrected chi connectivity index (χ1v) is 14.7. The molecule has 8 heteroatoms. The van der Waals surface area contributed by atoms with Crippen LogP contribution in [0.25, 0.3) is 0 Å². The standard InChI is InChI=1S/C8H5NO6.3C6H5.Sn/c10-8(11)4-1-6-7(15-3-14-6)2-5(4)9(12)13;3*1-2-4-6-5-3-1;/h1-2H,3H2,(H,10,11);3*1-5H;/q;;;;+1/p-1. The van der Waals surface area contributed by atoms with Gasteiger partial charge in [0.1, 0.15) is 0 Å². The van der Waals surface area contributed by atoms with Gasteiger partial charge in [0.05, 0.1) is 22.5 Å². The number of carboxylic acid groups (broad SMARTS) is 1. The van der Waals surface area contributed by atoms with Crippen LogP contribution < -0.4 is 25.3 Å². The van der Waals surface area contributed by atoms with Crippen LogP contribution in [0.4, 0.5) is 5.69 Å². The second-order valence-electron chi connectivity index (χ2n) is 7.24. The van der Waals surface area contributed by atoms with E-state index in [0.717, 1.165) is 12.1 Å². The number of carbonyl (C=O) groups excluding carboxylic acids is 1. The first kappa shape index (κ1) is 23.3. The Labute approximate surface area is 203 Å². The SMILES string of the molecule is O=C([O-])c1cc2c(cc1[N+](=O)[O-])OCO2.c1cc[c]([Sn+]([c]2ccccc2)[c]2ccccc2)cc1. The summed E-state index contributed by atoms with van der Waals surface area (Å²) in [6.07, 6.45) is 0. The van der Waals surface area contributed by atoms with Crippen molar-refractivity contribution in [3.63, 3.8) is 0 Å². The Morgan fingerprint density at radius 1 is 0.735 bits per heavy atom. The molecule has 0 saturated carbocycles. The predicted molar refractivity (Wildman–Crippen MR) is 128 cm³/mol. The van der Waals surface area contributed by atoms with Crippen molar-refractivity contribution in [2.45, 2.75) is 0 Å². The van der Waals surface area contributed by atoms with E-state index in [0.29, 0.717) is 0 Å². The fourth-order valence-electron chi connectivity index (χ4n) is 3.56. The minimum absolute atomic E-state index is 0.0804. The van der Waals surface area contributed by atoms with Crippen LogP contribution in [0.5, 0.6) is 11.5 Å². The fraction of sp³-hybridized carbons (Fsp3) is 0.0385. The summed E-state index contributed by atoms with van der Waals surface area (Å²) in [6, 6.07) is 35.0. The predicted octanol–water partition coefficient (Wildman–Crippen LogP) is 1.89. The van der Waals surface area contributed by atoms with E-state index in [9.17, 15) is 20.0 Å². The van der Waals surface area contributed by atoms with Crippen molar-refractivity contribution in [1.82, 2.24) is 0 Å². The quantitative estimate of drug-likeness (QED) is 0.210. The molecule has 1 aliphatic heterocycles. The van der Waals surface area contributed by atoms with E-state index < -0.39 is 41.9 Å². The Bertz CT molecular complexity index is 1150. The molecule has 5 rings (SSSR count). The molecule has 0 bridgehead atoms. The molecule has 0 spiro atoms.